The third-order valence-corrected chi connectivity index (χ3v) is 9.66. The minimum Gasteiger partial charge on any atom is -0.393 e. The molecule has 0 bridgehead atoms. The second-order valence-corrected chi connectivity index (χ2v) is 12.1. The molecule has 1 heteroatoms. The highest BCUT2D eigenvalue weighted by molar-refractivity contribution is 5.49. The van der Waals surface area contributed by atoms with E-state index in [1.807, 2.05) is 0 Å². The summed E-state index contributed by atoms with van der Waals surface area (Å²) in [6, 6.07) is 0. The third-order valence-electron chi connectivity index (χ3n) is 9.66. The van der Waals surface area contributed by atoms with Gasteiger partial charge >= 0.3 is 0 Å². The van der Waals surface area contributed by atoms with Crippen molar-refractivity contribution in [3.05, 3.63) is 34.4 Å². The Balaban J connectivity index is 1.66. The summed E-state index contributed by atoms with van der Waals surface area (Å²) in [5.74, 6) is 1.26. The van der Waals surface area contributed by atoms with E-state index in [2.05, 4.69) is 53.7 Å². The molecule has 1 nitrogen and oxygen atoms in total. The van der Waals surface area contributed by atoms with Gasteiger partial charge in [0.05, 0.1) is 6.10 Å². The van der Waals surface area contributed by atoms with Crippen molar-refractivity contribution in [2.45, 2.75) is 112 Å². The van der Waals surface area contributed by atoms with E-state index in [0.29, 0.717) is 22.7 Å². The molecule has 1 fully saturated rings. The first-order valence-electron chi connectivity index (χ1n) is 12.3. The van der Waals surface area contributed by atoms with Crippen LogP contribution in [-0.4, -0.2) is 11.2 Å². The lowest BCUT2D eigenvalue weighted by atomic mass is 9.45. The maximum atomic E-state index is 11.3. The normalized spacial score (nSPS) is 42.5. The Bertz CT molecular complexity index is 750. The number of rotatable bonds is 4. The molecule has 0 spiro atoms. The Morgan fingerprint density at radius 3 is 2.62 bits per heavy atom. The molecule has 4 aliphatic rings. The molecular formula is C28H44O. The van der Waals surface area contributed by atoms with Gasteiger partial charge in [0.25, 0.3) is 0 Å². The molecule has 0 aromatic carbocycles. The van der Waals surface area contributed by atoms with Crippen LogP contribution >= 0.6 is 0 Å². The molecule has 1 saturated carbocycles. The second-order valence-electron chi connectivity index (χ2n) is 12.1. The highest BCUT2D eigenvalue weighted by Gasteiger charge is 2.57. The topological polar surface area (TPSA) is 20.2 Å². The number of hydrogen-bond donors (Lipinski definition) is 1. The van der Waals surface area contributed by atoms with Crippen LogP contribution in [0.15, 0.2) is 34.4 Å². The van der Waals surface area contributed by atoms with Crippen molar-refractivity contribution in [1.29, 1.82) is 0 Å². The van der Waals surface area contributed by atoms with Crippen LogP contribution in [0.4, 0.5) is 0 Å². The molecule has 2 unspecified atom stereocenters. The summed E-state index contributed by atoms with van der Waals surface area (Å²) >= 11 is 0. The van der Waals surface area contributed by atoms with E-state index < -0.39 is 0 Å². The average Bonchev–Trinajstić information content (AvgIpc) is 3.05. The van der Waals surface area contributed by atoms with Crippen LogP contribution < -0.4 is 0 Å². The van der Waals surface area contributed by atoms with Gasteiger partial charge in [-0.05, 0) is 117 Å². The van der Waals surface area contributed by atoms with E-state index in [1.165, 1.54) is 50.5 Å². The minimum atomic E-state index is -0.142. The molecular weight excluding hydrogens is 352 g/mol. The zero-order valence-corrected chi connectivity index (χ0v) is 19.9. The molecule has 0 aliphatic heterocycles. The van der Waals surface area contributed by atoms with Crippen LogP contribution in [0.3, 0.4) is 0 Å². The summed E-state index contributed by atoms with van der Waals surface area (Å²) in [5, 5.41) is 11.3. The molecule has 4 aliphatic carbocycles. The second kappa shape index (κ2) is 7.40. The molecule has 0 saturated heterocycles. The average molecular weight is 397 g/mol. The molecule has 0 radical (unpaired) electrons. The number of fused-ring (bicyclic) bond motifs is 4. The van der Waals surface area contributed by atoms with Gasteiger partial charge in [0, 0.05) is 0 Å². The summed E-state index contributed by atoms with van der Waals surface area (Å²) in [6.07, 6.45) is 17.1. The Labute approximate surface area is 179 Å². The van der Waals surface area contributed by atoms with Crippen LogP contribution in [-0.2, 0) is 0 Å². The maximum absolute atomic E-state index is 11.3. The molecule has 0 aromatic rings. The van der Waals surface area contributed by atoms with Crippen molar-refractivity contribution < 1.29 is 5.11 Å². The Kier molecular flexibility index (Phi) is 5.46. The van der Waals surface area contributed by atoms with E-state index >= 15 is 0 Å². The first kappa shape index (κ1) is 21.4. The van der Waals surface area contributed by atoms with E-state index in [0.717, 1.165) is 19.3 Å². The predicted molar refractivity (Wildman–Crippen MR) is 124 cm³/mol. The number of allylic oxidation sites excluding steroid dienone is 6. The van der Waals surface area contributed by atoms with Crippen LogP contribution in [0.1, 0.15) is 106 Å². The molecule has 0 amide bonds. The fraction of sp³-hybridized carbons (Fsp3) is 0.786. The SMILES string of the molecule is CC(C)=CC[C@@H](C)CC1(C)C2CCC3=C(CC[C@]4(C)CCC=C34)[C@@]2(C)CC[C@H]1O. The van der Waals surface area contributed by atoms with E-state index in [9.17, 15) is 5.11 Å². The van der Waals surface area contributed by atoms with Gasteiger partial charge in [0.2, 0.25) is 0 Å². The summed E-state index contributed by atoms with van der Waals surface area (Å²) < 4.78 is 0. The molecule has 4 rings (SSSR count). The van der Waals surface area contributed by atoms with Gasteiger partial charge in [-0.15, -0.1) is 0 Å². The van der Waals surface area contributed by atoms with Crippen molar-refractivity contribution >= 4 is 0 Å². The Morgan fingerprint density at radius 2 is 1.90 bits per heavy atom. The fourth-order valence-corrected chi connectivity index (χ4v) is 8.04. The van der Waals surface area contributed by atoms with Gasteiger partial charge in [-0.25, -0.2) is 0 Å². The van der Waals surface area contributed by atoms with Crippen molar-refractivity contribution in [2.75, 3.05) is 0 Å². The summed E-state index contributed by atoms with van der Waals surface area (Å²) in [4.78, 5) is 0. The van der Waals surface area contributed by atoms with Crippen LogP contribution in [0, 0.1) is 28.1 Å². The quantitative estimate of drug-likeness (QED) is 0.481. The molecule has 6 atom stereocenters. The molecule has 0 heterocycles. The van der Waals surface area contributed by atoms with Crippen molar-refractivity contribution in [1.82, 2.24) is 0 Å². The highest BCUT2D eigenvalue weighted by Crippen LogP contribution is 2.66. The zero-order valence-electron chi connectivity index (χ0n) is 19.9. The Morgan fingerprint density at radius 1 is 1.14 bits per heavy atom. The van der Waals surface area contributed by atoms with Gasteiger partial charge < -0.3 is 5.11 Å². The maximum Gasteiger partial charge on any atom is 0.0597 e. The largest absolute Gasteiger partial charge is 0.393 e. The van der Waals surface area contributed by atoms with Gasteiger partial charge in [-0.2, -0.15) is 0 Å². The predicted octanol–water partition coefficient (Wildman–Crippen LogP) is 7.76. The van der Waals surface area contributed by atoms with Crippen molar-refractivity contribution in [3.8, 4) is 0 Å². The van der Waals surface area contributed by atoms with Crippen LogP contribution in [0.25, 0.3) is 0 Å². The Hall–Kier alpha value is -0.820. The van der Waals surface area contributed by atoms with Crippen LogP contribution in [0.5, 0.6) is 0 Å². The molecule has 0 aromatic heterocycles. The lowest BCUT2D eigenvalue weighted by Gasteiger charge is -2.60. The molecule has 162 valence electrons. The number of aliphatic hydroxyl groups is 1. The molecule has 1 N–H and O–H groups in total. The number of aliphatic hydroxyl groups excluding tert-OH is 1. The van der Waals surface area contributed by atoms with Crippen molar-refractivity contribution in [2.24, 2.45) is 28.1 Å². The van der Waals surface area contributed by atoms with Crippen LogP contribution in [0.2, 0.25) is 0 Å². The van der Waals surface area contributed by atoms with Gasteiger partial charge in [-0.1, -0.05) is 51.0 Å². The minimum absolute atomic E-state index is 0.0469. The van der Waals surface area contributed by atoms with E-state index in [-0.39, 0.29) is 11.5 Å². The van der Waals surface area contributed by atoms with Gasteiger partial charge in [-0.3, -0.25) is 0 Å². The first-order valence-corrected chi connectivity index (χ1v) is 12.3. The standard InChI is InChI=1S/C28H44O/c1-19(2)9-10-20(3)18-28(6)24-12-11-21-22-8-7-15-26(22,4)16-13-23(21)27(24,5)17-14-25(28)29/h8-9,20,24-25,29H,7,10-18H2,1-6H3/t20-,24?,25-,26+,27-,28?/m1/s1. The highest BCUT2D eigenvalue weighted by atomic mass is 16.3. The lowest BCUT2D eigenvalue weighted by molar-refractivity contribution is -0.111. The summed E-state index contributed by atoms with van der Waals surface area (Å²) in [5.41, 5.74) is 7.49. The zero-order chi connectivity index (χ0) is 21.0. The fourth-order valence-electron chi connectivity index (χ4n) is 8.04. The van der Waals surface area contributed by atoms with E-state index in [1.54, 1.807) is 16.7 Å². The first-order chi connectivity index (χ1) is 13.6. The number of hydrogen-bond acceptors (Lipinski definition) is 1. The summed E-state index contributed by atoms with van der Waals surface area (Å²) in [7, 11) is 0. The smallest absolute Gasteiger partial charge is 0.0597 e. The summed E-state index contributed by atoms with van der Waals surface area (Å²) in [6.45, 7) is 14.3. The van der Waals surface area contributed by atoms with Gasteiger partial charge in [0.1, 0.15) is 0 Å². The third kappa shape index (κ3) is 3.40. The monoisotopic (exact) mass is 396 g/mol. The molecule has 29 heavy (non-hydrogen) atoms. The van der Waals surface area contributed by atoms with Gasteiger partial charge in [0.15, 0.2) is 0 Å². The van der Waals surface area contributed by atoms with E-state index in [4.69, 9.17) is 0 Å². The lowest BCUT2D eigenvalue weighted by Crippen LogP contribution is -2.54. The van der Waals surface area contributed by atoms with Crippen molar-refractivity contribution in [3.63, 3.8) is 0 Å².